The van der Waals surface area contributed by atoms with Crippen molar-refractivity contribution in [2.45, 2.75) is 174 Å². The van der Waals surface area contributed by atoms with E-state index >= 15 is 0 Å². The number of nitrogens with zero attached hydrogens (tertiary/aromatic N) is 2. The molecule has 2 heteroatoms. The van der Waals surface area contributed by atoms with Crippen molar-refractivity contribution in [2.75, 3.05) is 0 Å². The third-order valence-electron chi connectivity index (χ3n) is 8.16. The van der Waals surface area contributed by atoms with Crippen LogP contribution in [0.2, 0.25) is 0 Å². The van der Waals surface area contributed by atoms with Crippen molar-refractivity contribution in [3.8, 4) is 0 Å². The number of aryl methyl sites for hydroxylation is 4. The minimum absolute atomic E-state index is 1.10. The first kappa shape index (κ1) is 32.6. The standard InChI is InChI=1S/C36H62N2/c1-3-5-7-9-11-12-13-14-15-16-18-20-25-32-38-33-35(30-26-29-34-27-22-21-23-28-34)37-36(38)31-24-19-17-10-8-6-4-2/h21-23,27-28,33H,3-20,24-26,29-32H2,1-2H3. The molecule has 216 valence electrons. The molecule has 0 spiro atoms. The first-order valence-electron chi connectivity index (χ1n) is 16.9. The van der Waals surface area contributed by atoms with E-state index in [9.17, 15) is 0 Å². The molecule has 2 rings (SSSR count). The van der Waals surface area contributed by atoms with Crippen molar-refractivity contribution in [1.29, 1.82) is 0 Å². The number of imidazole rings is 1. The van der Waals surface area contributed by atoms with Gasteiger partial charge in [-0.2, -0.15) is 0 Å². The summed E-state index contributed by atoms with van der Waals surface area (Å²) in [6.07, 6.45) is 35.1. The van der Waals surface area contributed by atoms with E-state index < -0.39 is 0 Å². The van der Waals surface area contributed by atoms with Crippen molar-refractivity contribution in [1.82, 2.24) is 9.55 Å². The maximum absolute atomic E-state index is 5.13. The molecule has 2 nitrogen and oxygen atoms in total. The van der Waals surface area contributed by atoms with E-state index in [0.717, 1.165) is 25.8 Å². The number of unbranched alkanes of at least 4 members (excludes halogenated alkanes) is 18. The van der Waals surface area contributed by atoms with Gasteiger partial charge >= 0.3 is 0 Å². The number of hydrogen-bond donors (Lipinski definition) is 0. The Morgan fingerprint density at radius 2 is 1.00 bits per heavy atom. The Morgan fingerprint density at radius 3 is 1.55 bits per heavy atom. The van der Waals surface area contributed by atoms with E-state index in [1.54, 1.807) is 0 Å². The summed E-state index contributed by atoms with van der Waals surface area (Å²) < 4.78 is 2.52. The van der Waals surface area contributed by atoms with Crippen molar-refractivity contribution >= 4 is 0 Å². The van der Waals surface area contributed by atoms with Gasteiger partial charge in [0.05, 0.1) is 5.69 Å². The molecular formula is C36H62N2. The Hall–Kier alpha value is -1.57. The molecule has 0 fully saturated rings. The highest BCUT2D eigenvalue weighted by Crippen LogP contribution is 2.16. The molecule has 0 atom stereocenters. The molecule has 0 aliphatic rings. The lowest BCUT2D eigenvalue weighted by molar-refractivity contribution is 0.517. The molecule has 38 heavy (non-hydrogen) atoms. The highest BCUT2D eigenvalue weighted by molar-refractivity contribution is 5.15. The maximum Gasteiger partial charge on any atom is 0.108 e. The second kappa shape index (κ2) is 23.3. The summed E-state index contributed by atoms with van der Waals surface area (Å²) in [5.41, 5.74) is 2.76. The zero-order chi connectivity index (χ0) is 26.9. The van der Waals surface area contributed by atoms with Crippen LogP contribution in [0.5, 0.6) is 0 Å². The third kappa shape index (κ3) is 16.4. The molecule has 0 saturated heterocycles. The Morgan fingerprint density at radius 1 is 0.500 bits per heavy atom. The highest BCUT2D eigenvalue weighted by atomic mass is 15.1. The van der Waals surface area contributed by atoms with Crippen LogP contribution in [0.4, 0.5) is 0 Å². The molecular weight excluding hydrogens is 460 g/mol. The second-order valence-corrected chi connectivity index (χ2v) is 11.8. The fraction of sp³-hybridized carbons (Fsp3) is 0.750. The Kier molecular flexibility index (Phi) is 20.0. The lowest BCUT2D eigenvalue weighted by Crippen LogP contribution is -2.03. The molecule has 0 aliphatic heterocycles. The van der Waals surface area contributed by atoms with Crippen molar-refractivity contribution in [2.24, 2.45) is 0 Å². The minimum Gasteiger partial charge on any atom is -0.335 e. The average molecular weight is 523 g/mol. The first-order valence-corrected chi connectivity index (χ1v) is 16.9. The van der Waals surface area contributed by atoms with E-state index in [-0.39, 0.29) is 0 Å². The van der Waals surface area contributed by atoms with Gasteiger partial charge in [-0.05, 0) is 37.7 Å². The zero-order valence-corrected chi connectivity index (χ0v) is 25.5. The lowest BCUT2D eigenvalue weighted by Gasteiger charge is -2.08. The van der Waals surface area contributed by atoms with Crippen LogP contribution < -0.4 is 0 Å². The van der Waals surface area contributed by atoms with E-state index in [4.69, 9.17) is 4.98 Å². The van der Waals surface area contributed by atoms with E-state index in [2.05, 4.69) is 54.9 Å². The maximum atomic E-state index is 5.13. The summed E-state index contributed by atoms with van der Waals surface area (Å²) in [6.45, 7) is 5.76. The Labute approximate surface area is 237 Å². The van der Waals surface area contributed by atoms with E-state index in [1.165, 1.54) is 152 Å². The third-order valence-corrected chi connectivity index (χ3v) is 8.16. The van der Waals surface area contributed by atoms with E-state index in [0.29, 0.717) is 0 Å². The summed E-state index contributed by atoms with van der Waals surface area (Å²) in [4.78, 5) is 5.13. The minimum atomic E-state index is 1.10. The predicted molar refractivity (Wildman–Crippen MR) is 168 cm³/mol. The van der Waals surface area contributed by atoms with Gasteiger partial charge in [0.25, 0.3) is 0 Å². The van der Waals surface area contributed by atoms with Crippen LogP contribution in [-0.4, -0.2) is 9.55 Å². The molecule has 0 N–H and O–H groups in total. The molecule has 0 saturated carbocycles. The summed E-state index contributed by atoms with van der Waals surface area (Å²) in [6, 6.07) is 10.9. The van der Waals surface area contributed by atoms with Crippen LogP contribution in [0, 0.1) is 0 Å². The van der Waals surface area contributed by atoms with Gasteiger partial charge in [0.1, 0.15) is 5.82 Å². The SMILES string of the molecule is CCCCCCCCCCCCCCCn1cc(CCCc2ccccc2)nc1CCCCCCCCC. The Balaban J connectivity index is 1.64. The number of benzene rings is 1. The number of aromatic nitrogens is 2. The fourth-order valence-corrected chi connectivity index (χ4v) is 5.69. The normalized spacial score (nSPS) is 11.4. The van der Waals surface area contributed by atoms with Gasteiger partial charge in [0.2, 0.25) is 0 Å². The first-order chi connectivity index (χ1) is 18.8. The highest BCUT2D eigenvalue weighted by Gasteiger charge is 2.08. The van der Waals surface area contributed by atoms with Gasteiger partial charge in [-0.15, -0.1) is 0 Å². The van der Waals surface area contributed by atoms with Crippen molar-refractivity contribution in [3.63, 3.8) is 0 Å². The molecule has 0 unspecified atom stereocenters. The van der Waals surface area contributed by atoms with Crippen LogP contribution >= 0.6 is 0 Å². The van der Waals surface area contributed by atoms with Crippen LogP contribution in [0.15, 0.2) is 36.5 Å². The van der Waals surface area contributed by atoms with Gasteiger partial charge in [0.15, 0.2) is 0 Å². The largest absolute Gasteiger partial charge is 0.335 e. The van der Waals surface area contributed by atoms with Crippen molar-refractivity contribution < 1.29 is 0 Å². The van der Waals surface area contributed by atoms with Crippen LogP contribution in [0.25, 0.3) is 0 Å². The Bertz CT molecular complexity index is 763. The van der Waals surface area contributed by atoms with Crippen LogP contribution in [0.3, 0.4) is 0 Å². The topological polar surface area (TPSA) is 17.8 Å². The smallest absolute Gasteiger partial charge is 0.108 e. The van der Waals surface area contributed by atoms with Crippen LogP contribution in [0.1, 0.15) is 166 Å². The summed E-state index contributed by atoms with van der Waals surface area (Å²) in [5, 5.41) is 0. The average Bonchev–Trinajstić information content (AvgIpc) is 3.32. The molecule has 0 amide bonds. The predicted octanol–water partition coefficient (Wildman–Crippen LogP) is 11.4. The molecule has 1 aromatic heterocycles. The fourth-order valence-electron chi connectivity index (χ4n) is 5.69. The quantitative estimate of drug-likeness (QED) is 0.112. The van der Waals surface area contributed by atoms with Gasteiger partial charge in [-0.3, -0.25) is 0 Å². The van der Waals surface area contributed by atoms with Gasteiger partial charge in [-0.25, -0.2) is 4.98 Å². The van der Waals surface area contributed by atoms with Crippen LogP contribution in [-0.2, 0) is 25.8 Å². The number of rotatable bonds is 26. The van der Waals surface area contributed by atoms with Gasteiger partial charge in [-0.1, -0.05) is 160 Å². The van der Waals surface area contributed by atoms with E-state index in [1.807, 2.05) is 0 Å². The molecule has 1 aromatic carbocycles. The number of hydrogen-bond acceptors (Lipinski definition) is 1. The lowest BCUT2D eigenvalue weighted by atomic mass is 10.0. The summed E-state index contributed by atoms with van der Waals surface area (Å²) in [5.74, 6) is 1.35. The molecule has 1 heterocycles. The molecule has 0 radical (unpaired) electrons. The zero-order valence-electron chi connectivity index (χ0n) is 25.5. The van der Waals surface area contributed by atoms with Gasteiger partial charge < -0.3 is 4.57 Å². The molecule has 0 aliphatic carbocycles. The molecule has 0 bridgehead atoms. The monoisotopic (exact) mass is 522 g/mol. The summed E-state index contributed by atoms with van der Waals surface area (Å²) in [7, 11) is 0. The van der Waals surface area contributed by atoms with Gasteiger partial charge in [0, 0.05) is 19.2 Å². The molecule has 2 aromatic rings. The second-order valence-electron chi connectivity index (χ2n) is 11.8. The summed E-state index contributed by atoms with van der Waals surface area (Å²) >= 11 is 0. The van der Waals surface area contributed by atoms with Crippen molar-refractivity contribution in [3.05, 3.63) is 53.6 Å².